The lowest BCUT2D eigenvalue weighted by atomic mass is 10.1. The second kappa shape index (κ2) is 9.56. The van der Waals surface area contributed by atoms with Gasteiger partial charge < -0.3 is 15.1 Å². The van der Waals surface area contributed by atoms with Crippen LogP contribution in [-0.4, -0.2) is 27.9 Å². The summed E-state index contributed by atoms with van der Waals surface area (Å²) in [5, 5.41) is 15.7. The summed E-state index contributed by atoms with van der Waals surface area (Å²) in [6.07, 6.45) is 0. The number of amides is 3. The molecule has 0 aliphatic rings. The monoisotopic (exact) mass is 441 g/mol. The van der Waals surface area contributed by atoms with E-state index in [1.54, 1.807) is 48.5 Å². The molecule has 0 spiro atoms. The molecular weight excluding hydrogens is 422 g/mol. The molecule has 3 aromatic carbocycles. The van der Waals surface area contributed by atoms with Crippen LogP contribution in [0.1, 0.15) is 27.6 Å². The standard InChI is InChI=1S/C24H19N5O4/c1-15(30)25-20-10-6-5-9-19(20)22(32)26-18-13-11-16(12-14-18)21(31)27-24-29-28-23(33-24)17-7-3-2-4-8-17/h2-14H,1H3,(H,25,30)(H,26,32)(H,27,29,31). The van der Waals surface area contributed by atoms with Gasteiger partial charge in [0.2, 0.25) is 11.8 Å². The molecule has 0 bridgehead atoms. The molecule has 1 aromatic heterocycles. The fourth-order valence-electron chi connectivity index (χ4n) is 3.02. The summed E-state index contributed by atoms with van der Waals surface area (Å²) in [5.41, 5.74) is 2.29. The van der Waals surface area contributed by atoms with E-state index >= 15 is 0 Å². The molecule has 0 saturated carbocycles. The number of benzene rings is 3. The topological polar surface area (TPSA) is 126 Å². The molecule has 4 aromatic rings. The lowest BCUT2D eigenvalue weighted by Gasteiger charge is -2.10. The summed E-state index contributed by atoms with van der Waals surface area (Å²) in [5.74, 6) is -0.811. The van der Waals surface area contributed by atoms with Gasteiger partial charge in [-0.2, -0.15) is 0 Å². The van der Waals surface area contributed by atoms with Crippen molar-refractivity contribution >= 4 is 35.1 Å². The van der Waals surface area contributed by atoms with Crippen molar-refractivity contribution in [3.63, 3.8) is 0 Å². The Morgan fingerprint density at radius 3 is 2.15 bits per heavy atom. The minimum absolute atomic E-state index is 0.0224. The third-order valence-corrected chi connectivity index (χ3v) is 4.55. The van der Waals surface area contributed by atoms with Crippen molar-refractivity contribution in [3.05, 3.63) is 90.0 Å². The SMILES string of the molecule is CC(=O)Nc1ccccc1C(=O)Nc1ccc(C(=O)Nc2nnc(-c3ccccc3)o2)cc1. The van der Waals surface area contributed by atoms with Crippen LogP contribution >= 0.6 is 0 Å². The molecular formula is C24H19N5O4. The van der Waals surface area contributed by atoms with Crippen LogP contribution in [0.2, 0.25) is 0 Å². The van der Waals surface area contributed by atoms with Crippen LogP contribution < -0.4 is 16.0 Å². The molecule has 0 fully saturated rings. The maximum atomic E-state index is 12.6. The first-order valence-electron chi connectivity index (χ1n) is 9.98. The first-order valence-corrected chi connectivity index (χ1v) is 9.98. The predicted molar refractivity (Wildman–Crippen MR) is 123 cm³/mol. The summed E-state index contributed by atoms with van der Waals surface area (Å²) in [7, 11) is 0. The molecule has 164 valence electrons. The van der Waals surface area contributed by atoms with E-state index in [0.29, 0.717) is 28.4 Å². The van der Waals surface area contributed by atoms with Crippen molar-refractivity contribution in [2.75, 3.05) is 16.0 Å². The van der Waals surface area contributed by atoms with Gasteiger partial charge in [-0.3, -0.25) is 19.7 Å². The van der Waals surface area contributed by atoms with Crippen LogP contribution in [0.3, 0.4) is 0 Å². The number of aromatic nitrogens is 2. The first-order chi connectivity index (χ1) is 16.0. The molecule has 3 amide bonds. The summed E-state index contributed by atoms with van der Waals surface area (Å²) in [4.78, 5) is 36.5. The first kappa shape index (κ1) is 21.4. The van der Waals surface area contributed by atoms with Gasteiger partial charge in [-0.15, -0.1) is 5.10 Å². The smallest absolute Gasteiger partial charge is 0.322 e. The van der Waals surface area contributed by atoms with Crippen LogP contribution in [0.25, 0.3) is 11.5 Å². The Balaban J connectivity index is 1.40. The maximum Gasteiger partial charge on any atom is 0.322 e. The van der Waals surface area contributed by atoms with E-state index in [-0.39, 0.29) is 11.9 Å². The Bertz CT molecular complexity index is 1300. The molecule has 0 radical (unpaired) electrons. The van der Waals surface area contributed by atoms with Crippen molar-refractivity contribution in [2.24, 2.45) is 0 Å². The van der Waals surface area contributed by atoms with Crippen molar-refractivity contribution in [3.8, 4) is 11.5 Å². The molecule has 0 unspecified atom stereocenters. The molecule has 0 aliphatic heterocycles. The van der Waals surface area contributed by atoms with E-state index in [1.807, 2.05) is 30.3 Å². The second-order valence-electron chi connectivity index (χ2n) is 6.99. The quantitative estimate of drug-likeness (QED) is 0.412. The average molecular weight is 441 g/mol. The van der Waals surface area contributed by atoms with Gasteiger partial charge in [0.05, 0.1) is 11.3 Å². The molecule has 1 heterocycles. The zero-order chi connectivity index (χ0) is 23.2. The highest BCUT2D eigenvalue weighted by molar-refractivity contribution is 6.10. The number of carbonyl (C=O) groups is 3. The number of carbonyl (C=O) groups excluding carboxylic acids is 3. The lowest BCUT2D eigenvalue weighted by Crippen LogP contribution is -2.17. The number of anilines is 3. The predicted octanol–water partition coefficient (Wildman–Crippen LogP) is 4.20. The lowest BCUT2D eigenvalue weighted by molar-refractivity contribution is -0.114. The Morgan fingerprint density at radius 2 is 1.42 bits per heavy atom. The fraction of sp³-hybridized carbons (Fsp3) is 0.0417. The van der Waals surface area contributed by atoms with Crippen molar-refractivity contribution in [2.45, 2.75) is 6.92 Å². The zero-order valence-corrected chi connectivity index (χ0v) is 17.5. The number of para-hydroxylation sites is 1. The van der Waals surface area contributed by atoms with Gasteiger partial charge in [0, 0.05) is 23.7 Å². The molecule has 9 nitrogen and oxygen atoms in total. The van der Waals surface area contributed by atoms with Crippen molar-refractivity contribution in [1.82, 2.24) is 10.2 Å². The fourth-order valence-corrected chi connectivity index (χ4v) is 3.02. The summed E-state index contributed by atoms with van der Waals surface area (Å²) >= 11 is 0. The average Bonchev–Trinajstić information content (AvgIpc) is 3.28. The summed E-state index contributed by atoms with van der Waals surface area (Å²) in [6.45, 7) is 1.37. The minimum atomic E-state index is -0.438. The minimum Gasteiger partial charge on any atom is -0.403 e. The number of hydrogen-bond donors (Lipinski definition) is 3. The third kappa shape index (κ3) is 5.28. The van der Waals surface area contributed by atoms with E-state index < -0.39 is 11.8 Å². The highest BCUT2D eigenvalue weighted by atomic mass is 16.4. The van der Waals surface area contributed by atoms with Crippen LogP contribution in [-0.2, 0) is 4.79 Å². The highest BCUT2D eigenvalue weighted by Gasteiger charge is 2.14. The van der Waals surface area contributed by atoms with Gasteiger partial charge in [0.1, 0.15) is 0 Å². The molecule has 9 heteroatoms. The van der Waals surface area contributed by atoms with Crippen LogP contribution in [0, 0.1) is 0 Å². The van der Waals surface area contributed by atoms with Crippen LogP contribution in [0.15, 0.2) is 83.3 Å². The summed E-state index contributed by atoms with van der Waals surface area (Å²) < 4.78 is 5.48. The number of rotatable bonds is 6. The molecule has 33 heavy (non-hydrogen) atoms. The van der Waals surface area contributed by atoms with Gasteiger partial charge in [0.25, 0.3) is 11.8 Å². The van der Waals surface area contributed by atoms with Gasteiger partial charge in [-0.25, -0.2) is 0 Å². The molecule has 0 atom stereocenters. The normalized spacial score (nSPS) is 10.3. The molecule has 3 N–H and O–H groups in total. The number of hydrogen-bond acceptors (Lipinski definition) is 6. The number of nitrogens with zero attached hydrogens (tertiary/aromatic N) is 2. The van der Waals surface area contributed by atoms with Gasteiger partial charge in [0.15, 0.2) is 0 Å². The van der Waals surface area contributed by atoms with E-state index in [1.165, 1.54) is 6.92 Å². The van der Waals surface area contributed by atoms with Crippen molar-refractivity contribution < 1.29 is 18.8 Å². The molecule has 4 rings (SSSR count). The van der Waals surface area contributed by atoms with Gasteiger partial charge in [-0.1, -0.05) is 35.4 Å². The maximum absolute atomic E-state index is 12.6. The molecule has 0 aliphatic carbocycles. The Labute approximate surface area is 188 Å². The highest BCUT2D eigenvalue weighted by Crippen LogP contribution is 2.20. The number of nitrogens with one attached hydrogen (secondary N) is 3. The molecule has 0 saturated heterocycles. The second-order valence-corrected chi connectivity index (χ2v) is 6.99. The Kier molecular flexibility index (Phi) is 6.21. The third-order valence-electron chi connectivity index (χ3n) is 4.55. The van der Waals surface area contributed by atoms with Gasteiger partial charge >= 0.3 is 6.01 Å². The Morgan fingerprint density at radius 1 is 0.727 bits per heavy atom. The largest absolute Gasteiger partial charge is 0.403 e. The summed E-state index contributed by atoms with van der Waals surface area (Å²) in [6, 6.07) is 22.2. The van der Waals surface area contributed by atoms with E-state index in [4.69, 9.17) is 4.42 Å². The zero-order valence-electron chi connectivity index (χ0n) is 17.5. The van der Waals surface area contributed by atoms with Crippen molar-refractivity contribution in [1.29, 1.82) is 0 Å². The van der Waals surface area contributed by atoms with E-state index in [0.717, 1.165) is 5.56 Å². The van der Waals surface area contributed by atoms with E-state index in [9.17, 15) is 14.4 Å². The van der Waals surface area contributed by atoms with E-state index in [2.05, 4.69) is 26.1 Å². The van der Waals surface area contributed by atoms with Crippen LogP contribution in [0.5, 0.6) is 0 Å². The Hall–Kier alpha value is -4.79. The van der Waals surface area contributed by atoms with Crippen LogP contribution in [0.4, 0.5) is 17.4 Å². The van der Waals surface area contributed by atoms with Gasteiger partial charge in [-0.05, 0) is 48.5 Å².